The summed E-state index contributed by atoms with van der Waals surface area (Å²) >= 11 is 0. The highest BCUT2D eigenvalue weighted by molar-refractivity contribution is 5.76. The fourth-order valence-electron chi connectivity index (χ4n) is 8.10. The molecule has 0 bridgehead atoms. The number of aliphatic hydroxyl groups is 2. The number of amides is 1. The van der Waals surface area contributed by atoms with Gasteiger partial charge in [-0.05, 0) is 57.8 Å². The van der Waals surface area contributed by atoms with Crippen molar-refractivity contribution < 1.29 is 24.5 Å². The van der Waals surface area contributed by atoms with Crippen LogP contribution in [0.3, 0.4) is 0 Å². The van der Waals surface area contributed by atoms with E-state index in [9.17, 15) is 19.8 Å². The molecule has 0 fully saturated rings. The van der Waals surface area contributed by atoms with Crippen LogP contribution in [0.2, 0.25) is 0 Å². The van der Waals surface area contributed by atoms with E-state index < -0.39 is 12.1 Å². The normalized spacial score (nSPS) is 12.8. The molecule has 0 saturated carbocycles. The molecule has 6 nitrogen and oxygen atoms in total. The summed E-state index contributed by atoms with van der Waals surface area (Å²) in [6.45, 7) is 4.86. The number of hydrogen-bond acceptors (Lipinski definition) is 5. The summed E-state index contributed by atoms with van der Waals surface area (Å²) in [4.78, 5) is 24.4. The number of carbonyl (C=O) groups is 2. The zero-order valence-electron chi connectivity index (χ0n) is 40.2. The molecule has 0 aliphatic rings. The van der Waals surface area contributed by atoms with Gasteiger partial charge in [-0.3, -0.25) is 9.59 Å². The summed E-state index contributed by atoms with van der Waals surface area (Å²) in [5.74, 6) is -0.0763. The maximum atomic E-state index is 12.4. The molecule has 0 aliphatic heterocycles. The maximum Gasteiger partial charge on any atom is 0.305 e. The van der Waals surface area contributed by atoms with Gasteiger partial charge in [0.15, 0.2) is 0 Å². The third-order valence-corrected chi connectivity index (χ3v) is 12.2. The molecule has 0 heterocycles. The number of ether oxygens (including phenoxy) is 1. The van der Waals surface area contributed by atoms with Gasteiger partial charge in [-0.1, -0.05) is 237 Å². The lowest BCUT2D eigenvalue weighted by Crippen LogP contribution is -2.45. The second-order valence-electron chi connectivity index (χ2n) is 18.2. The van der Waals surface area contributed by atoms with Crippen molar-refractivity contribution in [2.75, 3.05) is 13.2 Å². The molecule has 3 N–H and O–H groups in total. The van der Waals surface area contributed by atoms with E-state index in [1.54, 1.807) is 6.08 Å². The van der Waals surface area contributed by atoms with Crippen LogP contribution < -0.4 is 5.32 Å². The van der Waals surface area contributed by atoms with Gasteiger partial charge in [-0.25, -0.2) is 0 Å². The highest BCUT2D eigenvalue weighted by Gasteiger charge is 2.18. The average molecular weight is 846 g/mol. The van der Waals surface area contributed by atoms with E-state index in [1.165, 1.54) is 212 Å². The molecule has 1 amide bonds. The molecule has 0 aromatic rings. The molecule has 0 aromatic carbocycles. The fourth-order valence-corrected chi connectivity index (χ4v) is 8.10. The molecule has 0 aliphatic carbocycles. The van der Waals surface area contributed by atoms with E-state index in [-0.39, 0.29) is 18.5 Å². The number of unbranched alkanes of at least 4 members (excludes halogenated alkanes) is 36. The minimum Gasteiger partial charge on any atom is -0.466 e. The lowest BCUT2D eigenvalue weighted by atomic mass is 10.0. The molecular weight excluding hydrogens is 743 g/mol. The lowest BCUT2D eigenvalue weighted by molar-refractivity contribution is -0.143. The van der Waals surface area contributed by atoms with Crippen molar-refractivity contribution in [2.24, 2.45) is 0 Å². The van der Waals surface area contributed by atoms with Crippen LogP contribution in [0.1, 0.15) is 284 Å². The first-order chi connectivity index (χ1) is 29.5. The van der Waals surface area contributed by atoms with Gasteiger partial charge in [0.2, 0.25) is 5.91 Å². The summed E-state index contributed by atoms with van der Waals surface area (Å²) in [6, 6.07) is -0.630. The summed E-state index contributed by atoms with van der Waals surface area (Å²) < 4.78 is 5.45. The average Bonchev–Trinajstić information content (AvgIpc) is 3.25. The number of esters is 1. The van der Waals surface area contributed by atoms with Crippen molar-refractivity contribution in [1.29, 1.82) is 0 Å². The molecule has 0 radical (unpaired) electrons. The third kappa shape index (κ3) is 45.9. The van der Waals surface area contributed by atoms with E-state index in [4.69, 9.17) is 4.74 Å². The smallest absolute Gasteiger partial charge is 0.305 e. The zero-order chi connectivity index (χ0) is 43.7. The van der Waals surface area contributed by atoms with E-state index >= 15 is 0 Å². The van der Waals surface area contributed by atoms with Gasteiger partial charge in [-0.15, -0.1) is 0 Å². The summed E-state index contributed by atoms with van der Waals surface area (Å²) in [6.07, 6.45) is 58.9. The molecule has 0 saturated heterocycles. The first kappa shape index (κ1) is 58.3. The standard InChI is InChI=1S/C54H103NO5/c1-3-5-7-9-11-13-15-23-26-30-34-38-42-46-52(57)51(50-56)55-53(58)47-43-39-35-31-27-24-21-19-17-18-20-22-25-29-33-37-41-45-49-60-54(59)48-44-40-36-32-28-16-14-12-10-8-6-4-2/h12,14,42,46,51-52,56-57H,3-11,13,15-41,43-45,47-50H2,1-2H3,(H,55,58)/b14-12-,46-42+. The molecule has 0 rings (SSSR count). The van der Waals surface area contributed by atoms with Gasteiger partial charge < -0.3 is 20.3 Å². The Morgan fingerprint density at radius 2 is 0.783 bits per heavy atom. The minimum atomic E-state index is -0.846. The Labute approximate surface area is 373 Å². The van der Waals surface area contributed by atoms with Crippen LogP contribution in [0.25, 0.3) is 0 Å². The van der Waals surface area contributed by atoms with Crippen molar-refractivity contribution in [3.8, 4) is 0 Å². The monoisotopic (exact) mass is 846 g/mol. The summed E-state index contributed by atoms with van der Waals surface area (Å²) in [7, 11) is 0. The van der Waals surface area contributed by atoms with Gasteiger partial charge in [0.1, 0.15) is 0 Å². The topological polar surface area (TPSA) is 95.9 Å². The van der Waals surface area contributed by atoms with Gasteiger partial charge >= 0.3 is 5.97 Å². The largest absolute Gasteiger partial charge is 0.466 e. The van der Waals surface area contributed by atoms with Crippen LogP contribution in [0.15, 0.2) is 24.3 Å². The second-order valence-corrected chi connectivity index (χ2v) is 18.2. The molecule has 354 valence electrons. The molecule has 2 atom stereocenters. The van der Waals surface area contributed by atoms with E-state index in [1.807, 2.05) is 6.08 Å². The Morgan fingerprint density at radius 3 is 1.22 bits per heavy atom. The van der Waals surface area contributed by atoms with E-state index in [0.717, 1.165) is 44.9 Å². The molecule has 60 heavy (non-hydrogen) atoms. The Bertz CT molecular complexity index is 935. The Kier molecular flexibility index (Phi) is 48.6. The number of rotatable bonds is 49. The van der Waals surface area contributed by atoms with Gasteiger partial charge in [0.25, 0.3) is 0 Å². The fraction of sp³-hybridized carbons (Fsp3) is 0.889. The predicted molar refractivity (Wildman–Crippen MR) is 260 cm³/mol. The Balaban J connectivity index is 3.44. The Morgan fingerprint density at radius 1 is 0.450 bits per heavy atom. The van der Waals surface area contributed by atoms with E-state index in [2.05, 4.69) is 31.3 Å². The number of carbonyl (C=O) groups excluding carboxylic acids is 2. The molecule has 0 spiro atoms. The molecule has 2 unspecified atom stereocenters. The van der Waals surface area contributed by atoms with Crippen LogP contribution in [-0.4, -0.2) is 47.4 Å². The maximum absolute atomic E-state index is 12.4. The minimum absolute atomic E-state index is 0.00391. The zero-order valence-corrected chi connectivity index (χ0v) is 40.2. The summed E-state index contributed by atoms with van der Waals surface area (Å²) in [5, 5.41) is 23.0. The van der Waals surface area contributed by atoms with Gasteiger partial charge in [0, 0.05) is 12.8 Å². The number of hydrogen-bond donors (Lipinski definition) is 3. The van der Waals surface area contributed by atoms with Crippen molar-refractivity contribution >= 4 is 11.9 Å². The molecule has 0 aromatic heterocycles. The number of aliphatic hydroxyl groups excluding tert-OH is 2. The van der Waals surface area contributed by atoms with Crippen molar-refractivity contribution in [3.05, 3.63) is 24.3 Å². The lowest BCUT2D eigenvalue weighted by Gasteiger charge is -2.20. The van der Waals surface area contributed by atoms with Crippen LogP contribution in [0, 0.1) is 0 Å². The highest BCUT2D eigenvalue weighted by Crippen LogP contribution is 2.16. The SMILES string of the molecule is CCCCC/C=C\CCCCCCCC(=O)OCCCCCCCCCCCCCCCCCCCCC(=O)NC(CO)C(O)/C=C/CCCCCCCCCCCCC. The second kappa shape index (κ2) is 50.0. The van der Waals surface area contributed by atoms with Crippen molar-refractivity contribution in [3.63, 3.8) is 0 Å². The highest BCUT2D eigenvalue weighted by atomic mass is 16.5. The van der Waals surface area contributed by atoms with Gasteiger partial charge in [0.05, 0.1) is 25.4 Å². The Hall–Kier alpha value is -1.66. The summed E-state index contributed by atoms with van der Waals surface area (Å²) in [5.41, 5.74) is 0. The first-order valence-corrected chi connectivity index (χ1v) is 26.6. The van der Waals surface area contributed by atoms with E-state index in [0.29, 0.717) is 19.4 Å². The van der Waals surface area contributed by atoms with Crippen LogP contribution in [0.4, 0.5) is 0 Å². The molecule has 6 heteroatoms. The number of allylic oxidation sites excluding steroid dienone is 3. The van der Waals surface area contributed by atoms with Crippen LogP contribution in [-0.2, 0) is 14.3 Å². The predicted octanol–water partition coefficient (Wildman–Crippen LogP) is 15.9. The van der Waals surface area contributed by atoms with Crippen LogP contribution in [0.5, 0.6) is 0 Å². The van der Waals surface area contributed by atoms with Gasteiger partial charge in [-0.2, -0.15) is 0 Å². The van der Waals surface area contributed by atoms with Crippen molar-refractivity contribution in [1.82, 2.24) is 5.32 Å². The quantitative estimate of drug-likeness (QED) is 0.0322. The van der Waals surface area contributed by atoms with Crippen molar-refractivity contribution in [2.45, 2.75) is 296 Å². The molecular formula is C54H103NO5. The van der Waals surface area contributed by atoms with Crippen LogP contribution >= 0.6 is 0 Å². The third-order valence-electron chi connectivity index (χ3n) is 12.2. The first-order valence-electron chi connectivity index (χ1n) is 26.6. The number of nitrogens with one attached hydrogen (secondary N) is 1.